The first-order valence-corrected chi connectivity index (χ1v) is 11.5. The molecule has 1 atom stereocenters. The largest absolute Gasteiger partial charge is 0.446 e. The van der Waals surface area contributed by atoms with Crippen LogP contribution in [0, 0.1) is 11.7 Å². The normalized spacial score (nSPS) is 22.1. The van der Waals surface area contributed by atoms with Crippen molar-refractivity contribution in [2.45, 2.75) is 57.8 Å². The quantitative estimate of drug-likeness (QED) is 0.688. The molecule has 1 aliphatic carbocycles. The van der Waals surface area contributed by atoms with Crippen LogP contribution < -0.4 is 5.32 Å². The molecule has 176 valence electrons. The van der Waals surface area contributed by atoms with E-state index in [1.807, 2.05) is 39.0 Å². The number of amides is 2. The Bertz CT molecular complexity index is 996. The van der Waals surface area contributed by atoms with E-state index in [1.165, 1.54) is 17.7 Å². The van der Waals surface area contributed by atoms with Crippen LogP contribution in [-0.2, 0) is 15.9 Å². The van der Waals surface area contributed by atoms with Crippen molar-refractivity contribution in [3.05, 3.63) is 71.0 Å². The van der Waals surface area contributed by atoms with Gasteiger partial charge in [-0.2, -0.15) is 0 Å². The summed E-state index contributed by atoms with van der Waals surface area (Å²) < 4.78 is 24.6. The number of nitrogens with zero attached hydrogens (tertiary/aromatic N) is 1. The van der Waals surface area contributed by atoms with Crippen molar-refractivity contribution in [3.63, 3.8) is 0 Å². The van der Waals surface area contributed by atoms with Crippen molar-refractivity contribution in [1.29, 1.82) is 0 Å². The topological polar surface area (TPSA) is 67.9 Å². The molecule has 4 rings (SSSR count). The predicted molar refractivity (Wildman–Crippen MR) is 122 cm³/mol. The van der Waals surface area contributed by atoms with Crippen LogP contribution in [0.2, 0.25) is 0 Å². The van der Waals surface area contributed by atoms with Gasteiger partial charge in [-0.05, 0) is 74.8 Å². The Morgan fingerprint density at radius 1 is 1.09 bits per heavy atom. The van der Waals surface area contributed by atoms with E-state index in [0.29, 0.717) is 25.9 Å². The maximum atomic E-state index is 13.5. The number of benzene rings is 2. The summed E-state index contributed by atoms with van der Waals surface area (Å²) in [6, 6.07) is 14.0. The Kier molecular flexibility index (Phi) is 6.58. The monoisotopic (exact) mass is 454 g/mol. The van der Waals surface area contributed by atoms with Gasteiger partial charge in [-0.25, -0.2) is 14.0 Å². The molecule has 2 amide bonds. The Balaban J connectivity index is 1.36. The average Bonchev–Trinajstić information content (AvgIpc) is 2.73. The minimum absolute atomic E-state index is 0.172. The number of halogens is 1. The summed E-state index contributed by atoms with van der Waals surface area (Å²) in [4.78, 5) is 26.7. The zero-order valence-electron chi connectivity index (χ0n) is 19.3. The number of carbonyl (C=O) groups is 2. The van der Waals surface area contributed by atoms with E-state index in [-0.39, 0.29) is 30.0 Å². The van der Waals surface area contributed by atoms with Gasteiger partial charge < -0.3 is 14.8 Å². The van der Waals surface area contributed by atoms with E-state index < -0.39 is 11.7 Å². The van der Waals surface area contributed by atoms with Gasteiger partial charge in [-0.3, -0.25) is 4.90 Å². The van der Waals surface area contributed by atoms with Crippen molar-refractivity contribution < 1.29 is 23.5 Å². The standard InChI is InChI=1S/C26H31FN2O4/c1-26(2,3)33-24(30)28-16-17-14-21(15-17)32-25(31)29-13-12-18-6-4-5-7-22(18)23(29)19-8-10-20(27)11-9-19/h4-11,17,21,23H,12-16H2,1-3H3,(H,28,30)/t17-,21-,23-/m0/s1. The van der Waals surface area contributed by atoms with E-state index in [4.69, 9.17) is 9.47 Å². The summed E-state index contributed by atoms with van der Waals surface area (Å²) in [5.41, 5.74) is 2.55. The van der Waals surface area contributed by atoms with Gasteiger partial charge in [0.25, 0.3) is 0 Å². The van der Waals surface area contributed by atoms with Crippen LogP contribution in [0.3, 0.4) is 0 Å². The molecule has 1 N–H and O–H groups in total. The summed E-state index contributed by atoms with van der Waals surface area (Å²) in [6.07, 6.45) is 1.18. The third-order valence-corrected chi connectivity index (χ3v) is 6.10. The van der Waals surface area contributed by atoms with Gasteiger partial charge in [-0.15, -0.1) is 0 Å². The van der Waals surface area contributed by atoms with E-state index in [0.717, 1.165) is 17.5 Å². The number of fused-ring (bicyclic) bond motifs is 1. The molecule has 6 nitrogen and oxygen atoms in total. The molecule has 0 aromatic heterocycles. The minimum Gasteiger partial charge on any atom is -0.446 e. The summed E-state index contributed by atoms with van der Waals surface area (Å²) >= 11 is 0. The summed E-state index contributed by atoms with van der Waals surface area (Å²) in [7, 11) is 0. The van der Waals surface area contributed by atoms with Gasteiger partial charge in [0.2, 0.25) is 0 Å². The molecular formula is C26H31FN2O4. The third kappa shape index (κ3) is 5.64. The molecule has 1 heterocycles. The van der Waals surface area contributed by atoms with Crippen LogP contribution in [0.5, 0.6) is 0 Å². The lowest BCUT2D eigenvalue weighted by molar-refractivity contribution is -0.00774. The third-order valence-electron chi connectivity index (χ3n) is 6.10. The molecular weight excluding hydrogens is 423 g/mol. The van der Waals surface area contributed by atoms with E-state index in [9.17, 15) is 14.0 Å². The molecule has 33 heavy (non-hydrogen) atoms. The van der Waals surface area contributed by atoms with Crippen LogP contribution in [0.25, 0.3) is 0 Å². The van der Waals surface area contributed by atoms with Gasteiger partial charge in [0.15, 0.2) is 0 Å². The number of hydrogen-bond acceptors (Lipinski definition) is 4. The smallest absolute Gasteiger partial charge is 0.410 e. The highest BCUT2D eigenvalue weighted by atomic mass is 19.1. The van der Waals surface area contributed by atoms with Crippen molar-refractivity contribution >= 4 is 12.2 Å². The van der Waals surface area contributed by atoms with Gasteiger partial charge >= 0.3 is 12.2 Å². The van der Waals surface area contributed by atoms with Crippen molar-refractivity contribution in [3.8, 4) is 0 Å². The molecule has 0 bridgehead atoms. The van der Waals surface area contributed by atoms with Crippen molar-refractivity contribution in [2.75, 3.05) is 13.1 Å². The molecule has 0 unspecified atom stereocenters. The van der Waals surface area contributed by atoms with Gasteiger partial charge in [0, 0.05) is 13.1 Å². The lowest BCUT2D eigenvalue weighted by atomic mass is 9.82. The first-order chi connectivity index (χ1) is 15.7. The number of ether oxygens (including phenoxy) is 2. The lowest BCUT2D eigenvalue weighted by Gasteiger charge is -2.40. The summed E-state index contributed by atoms with van der Waals surface area (Å²) in [6.45, 7) is 6.50. The zero-order valence-corrected chi connectivity index (χ0v) is 19.3. The van der Waals surface area contributed by atoms with Crippen LogP contribution in [-0.4, -0.2) is 41.9 Å². The molecule has 0 saturated heterocycles. The summed E-state index contributed by atoms with van der Waals surface area (Å²) in [5, 5.41) is 2.78. The molecule has 2 aromatic carbocycles. The van der Waals surface area contributed by atoms with Crippen LogP contribution in [0.1, 0.15) is 56.3 Å². The van der Waals surface area contributed by atoms with E-state index in [2.05, 4.69) is 11.4 Å². The number of nitrogens with one attached hydrogen (secondary N) is 1. The molecule has 0 spiro atoms. The van der Waals surface area contributed by atoms with Gasteiger partial charge in [0.1, 0.15) is 17.5 Å². The first kappa shape index (κ1) is 23.1. The molecule has 1 aliphatic heterocycles. The second-order valence-electron chi connectivity index (χ2n) is 9.82. The highest BCUT2D eigenvalue weighted by Gasteiger charge is 2.37. The second kappa shape index (κ2) is 9.41. The van der Waals surface area contributed by atoms with Crippen LogP contribution in [0.15, 0.2) is 48.5 Å². The van der Waals surface area contributed by atoms with Crippen molar-refractivity contribution in [2.24, 2.45) is 5.92 Å². The Morgan fingerprint density at radius 3 is 2.48 bits per heavy atom. The Hall–Kier alpha value is -3.09. The summed E-state index contributed by atoms with van der Waals surface area (Å²) in [5.74, 6) is -0.0530. The first-order valence-electron chi connectivity index (χ1n) is 11.5. The molecule has 1 saturated carbocycles. The predicted octanol–water partition coefficient (Wildman–Crippen LogP) is 5.21. The van der Waals surface area contributed by atoms with Crippen LogP contribution in [0.4, 0.5) is 14.0 Å². The molecule has 7 heteroatoms. The fraction of sp³-hybridized carbons (Fsp3) is 0.462. The highest BCUT2D eigenvalue weighted by Crippen LogP contribution is 2.37. The zero-order chi connectivity index (χ0) is 23.6. The Labute approximate surface area is 194 Å². The highest BCUT2D eigenvalue weighted by molar-refractivity contribution is 5.70. The molecule has 0 radical (unpaired) electrons. The number of alkyl carbamates (subject to hydrolysis) is 1. The minimum atomic E-state index is -0.532. The maximum Gasteiger partial charge on any atom is 0.410 e. The molecule has 1 fully saturated rings. The van der Waals surface area contributed by atoms with Gasteiger partial charge in [-0.1, -0.05) is 36.4 Å². The maximum absolute atomic E-state index is 13.5. The van der Waals surface area contributed by atoms with Crippen molar-refractivity contribution in [1.82, 2.24) is 10.2 Å². The fourth-order valence-electron chi connectivity index (χ4n) is 4.46. The molecule has 2 aromatic rings. The number of rotatable bonds is 4. The van der Waals surface area contributed by atoms with Crippen LogP contribution >= 0.6 is 0 Å². The number of carbonyl (C=O) groups excluding carboxylic acids is 2. The van der Waals surface area contributed by atoms with E-state index in [1.54, 1.807) is 17.0 Å². The Morgan fingerprint density at radius 2 is 1.79 bits per heavy atom. The lowest BCUT2D eigenvalue weighted by Crippen LogP contribution is -2.46. The number of hydrogen-bond donors (Lipinski definition) is 1. The van der Waals surface area contributed by atoms with Gasteiger partial charge in [0.05, 0.1) is 6.04 Å². The van der Waals surface area contributed by atoms with E-state index >= 15 is 0 Å². The average molecular weight is 455 g/mol. The SMILES string of the molecule is CC(C)(C)OC(=O)NC[C@H]1C[C@H](OC(=O)N2CCc3ccccc3[C@@H]2c2ccc(F)cc2)C1. The fourth-order valence-corrected chi connectivity index (χ4v) is 4.46. The molecule has 2 aliphatic rings. The second-order valence-corrected chi connectivity index (χ2v) is 9.82.